The van der Waals surface area contributed by atoms with Crippen molar-refractivity contribution in [2.75, 3.05) is 6.26 Å². The van der Waals surface area contributed by atoms with Crippen molar-refractivity contribution in [2.45, 2.75) is 23.3 Å². The third-order valence-corrected chi connectivity index (χ3v) is 5.13. The molecule has 0 aromatic heterocycles. The monoisotopic (exact) mass is 383 g/mol. The number of hydrogen-bond acceptors (Lipinski definition) is 4. The minimum Gasteiger partial charge on any atom is -0.458 e. The van der Waals surface area contributed by atoms with E-state index in [-0.39, 0.29) is 22.7 Å². The Bertz CT molecular complexity index is 1040. The number of ether oxygens (including phenoxy) is 1. The van der Waals surface area contributed by atoms with Crippen LogP contribution in [-0.4, -0.2) is 25.7 Å². The van der Waals surface area contributed by atoms with Crippen molar-refractivity contribution in [1.82, 2.24) is 0 Å². The molecule has 0 bridgehead atoms. The number of benzene rings is 2. The fourth-order valence-electron chi connectivity index (χ4n) is 2.87. The van der Waals surface area contributed by atoms with Gasteiger partial charge in [-0.1, -0.05) is 0 Å². The molecule has 9 heteroatoms. The van der Waals surface area contributed by atoms with E-state index < -0.39 is 44.6 Å². The van der Waals surface area contributed by atoms with Gasteiger partial charge in [-0.05, 0) is 24.3 Å². The Morgan fingerprint density at radius 3 is 2.62 bits per heavy atom. The summed E-state index contributed by atoms with van der Waals surface area (Å²) in [6.45, 7) is 6.92. The van der Waals surface area contributed by atoms with Gasteiger partial charge >= 0.3 is 0 Å². The van der Waals surface area contributed by atoms with E-state index in [9.17, 15) is 26.7 Å². The molecular formula is C17H12F3NO4S. The lowest BCUT2D eigenvalue weighted by Crippen LogP contribution is -2.22. The Kier molecular flexibility index (Phi) is 4.21. The van der Waals surface area contributed by atoms with Crippen LogP contribution in [0.1, 0.15) is 17.2 Å². The highest BCUT2D eigenvalue weighted by Gasteiger charge is 2.50. The number of nitrogens with zero attached hydrogens (tertiary/aromatic N) is 1. The molecule has 136 valence electrons. The van der Waals surface area contributed by atoms with Gasteiger partial charge in [0.1, 0.15) is 23.4 Å². The van der Waals surface area contributed by atoms with Gasteiger partial charge < -0.3 is 9.84 Å². The molecule has 0 unspecified atom stereocenters. The SMILES string of the molecule is [C-]#[N+]c1cc(F)cc(Oc2ccc(S(C)(=O)=O)c3c2CC(F)(F)[C@H]3O)c1. The summed E-state index contributed by atoms with van der Waals surface area (Å²) in [7, 11) is -3.87. The van der Waals surface area contributed by atoms with Crippen LogP contribution in [0.2, 0.25) is 0 Å². The molecule has 2 aromatic carbocycles. The van der Waals surface area contributed by atoms with E-state index in [4.69, 9.17) is 11.3 Å². The first-order chi connectivity index (χ1) is 12.0. The Hall–Kier alpha value is -2.57. The van der Waals surface area contributed by atoms with Crippen LogP contribution in [-0.2, 0) is 16.3 Å². The van der Waals surface area contributed by atoms with E-state index in [1.165, 1.54) is 12.1 Å². The summed E-state index contributed by atoms with van der Waals surface area (Å²) < 4.78 is 70.7. The summed E-state index contributed by atoms with van der Waals surface area (Å²) in [5.74, 6) is -4.55. The lowest BCUT2D eigenvalue weighted by atomic mass is 10.1. The molecule has 1 aliphatic rings. The van der Waals surface area contributed by atoms with Gasteiger partial charge in [0.2, 0.25) is 0 Å². The van der Waals surface area contributed by atoms with E-state index in [0.29, 0.717) is 0 Å². The van der Waals surface area contributed by atoms with Crippen LogP contribution in [0.25, 0.3) is 4.85 Å². The summed E-state index contributed by atoms with van der Waals surface area (Å²) in [4.78, 5) is 2.67. The number of sulfone groups is 1. The molecule has 0 fully saturated rings. The Labute approximate surface area is 147 Å². The van der Waals surface area contributed by atoms with Gasteiger partial charge in [0.05, 0.1) is 11.5 Å². The molecule has 0 saturated carbocycles. The standard InChI is InChI=1S/C17H12F3NO4S/c1-21-10-5-9(18)6-11(7-10)25-13-3-4-14(26(2,23)24)15-12(13)8-17(19,20)16(15)22/h3-7,16,22H,8H2,2H3/t16-/m0/s1. The van der Waals surface area contributed by atoms with Crippen molar-refractivity contribution >= 4 is 15.5 Å². The maximum absolute atomic E-state index is 14.0. The van der Waals surface area contributed by atoms with Gasteiger partial charge in [-0.25, -0.2) is 26.4 Å². The zero-order valence-electron chi connectivity index (χ0n) is 13.3. The van der Waals surface area contributed by atoms with Crippen molar-refractivity contribution in [3.63, 3.8) is 0 Å². The van der Waals surface area contributed by atoms with Gasteiger partial charge in [0.25, 0.3) is 5.92 Å². The highest BCUT2D eigenvalue weighted by atomic mass is 32.2. The molecule has 26 heavy (non-hydrogen) atoms. The van der Waals surface area contributed by atoms with Gasteiger partial charge in [0.15, 0.2) is 15.5 Å². The molecular weight excluding hydrogens is 371 g/mol. The van der Waals surface area contributed by atoms with Crippen LogP contribution in [0.5, 0.6) is 11.5 Å². The van der Waals surface area contributed by atoms with Crippen LogP contribution in [0.3, 0.4) is 0 Å². The van der Waals surface area contributed by atoms with Crippen LogP contribution in [0.4, 0.5) is 18.9 Å². The van der Waals surface area contributed by atoms with Crippen molar-refractivity contribution in [1.29, 1.82) is 0 Å². The number of aliphatic hydroxyl groups is 1. The average molecular weight is 383 g/mol. The number of hydrogen-bond donors (Lipinski definition) is 1. The first-order valence-corrected chi connectivity index (χ1v) is 9.19. The summed E-state index contributed by atoms with van der Waals surface area (Å²) >= 11 is 0. The van der Waals surface area contributed by atoms with E-state index in [0.717, 1.165) is 24.5 Å². The molecule has 0 spiro atoms. The predicted molar refractivity (Wildman–Crippen MR) is 85.9 cm³/mol. The second-order valence-electron chi connectivity index (χ2n) is 5.93. The second-order valence-corrected chi connectivity index (χ2v) is 7.91. The topological polar surface area (TPSA) is 68.0 Å². The minimum atomic E-state index is -3.87. The minimum absolute atomic E-state index is 0.0465. The van der Waals surface area contributed by atoms with E-state index >= 15 is 0 Å². The molecule has 1 N–H and O–H groups in total. The third-order valence-electron chi connectivity index (χ3n) is 3.97. The first-order valence-electron chi connectivity index (χ1n) is 7.30. The Morgan fingerprint density at radius 2 is 2.00 bits per heavy atom. The fourth-order valence-corrected chi connectivity index (χ4v) is 3.82. The summed E-state index contributed by atoms with van der Waals surface area (Å²) in [5, 5.41) is 9.90. The molecule has 1 atom stereocenters. The third kappa shape index (κ3) is 3.13. The number of aliphatic hydroxyl groups excluding tert-OH is 1. The summed E-state index contributed by atoms with van der Waals surface area (Å²) in [5.41, 5.74) is -0.634. The maximum Gasteiger partial charge on any atom is 0.281 e. The van der Waals surface area contributed by atoms with Crippen molar-refractivity contribution < 1.29 is 31.4 Å². The van der Waals surface area contributed by atoms with Gasteiger partial charge in [0, 0.05) is 29.9 Å². The number of rotatable bonds is 3. The van der Waals surface area contributed by atoms with Crippen LogP contribution in [0, 0.1) is 12.4 Å². The van der Waals surface area contributed by atoms with Crippen molar-refractivity contribution in [3.8, 4) is 11.5 Å². The highest BCUT2D eigenvalue weighted by Crippen LogP contribution is 2.49. The van der Waals surface area contributed by atoms with E-state index in [1.807, 2.05) is 0 Å². The molecule has 0 heterocycles. The summed E-state index contributed by atoms with van der Waals surface area (Å²) in [6, 6.07) is 5.40. The molecule has 0 aliphatic heterocycles. The quantitative estimate of drug-likeness (QED) is 0.819. The maximum atomic E-state index is 14.0. The largest absolute Gasteiger partial charge is 0.458 e. The molecule has 0 radical (unpaired) electrons. The molecule has 3 rings (SSSR count). The summed E-state index contributed by atoms with van der Waals surface area (Å²) in [6.07, 6.45) is -2.37. The molecule has 0 saturated heterocycles. The first kappa shape index (κ1) is 18.2. The van der Waals surface area contributed by atoms with Crippen LogP contribution >= 0.6 is 0 Å². The van der Waals surface area contributed by atoms with Gasteiger partial charge in [-0.15, -0.1) is 0 Å². The van der Waals surface area contributed by atoms with Crippen LogP contribution in [0.15, 0.2) is 35.2 Å². The smallest absolute Gasteiger partial charge is 0.281 e. The van der Waals surface area contributed by atoms with E-state index in [2.05, 4.69) is 4.85 Å². The van der Waals surface area contributed by atoms with Gasteiger partial charge in [-0.2, -0.15) is 0 Å². The fraction of sp³-hybridized carbons (Fsp3) is 0.235. The highest BCUT2D eigenvalue weighted by molar-refractivity contribution is 7.90. The number of halogens is 3. The molecule has 5 nitrogen and oxygen atoms in total. The number of fused-ring (bicyclic) bond motifs is 1. The average Bonchev–Trinajstić information content (AvgIpc) is 2.77. The van der Waals surface area contributed by atoms with E-state index in [1.54, 1.807) is 0 Å². The normalized spacial score (nSPS) is 18.2. The Balaban J connectivity index is 2.15. The number of alkyl halides is 2. The van der Waals surface area contributed by atoms with Crippen molar-refractivity contribution in [2.24, 2.45) is 0 Å². The van der Waals surface area contributed by atoms with Gasteiger partial charge in [-0.3, -0.25) is 0 Å². The lowest BCUT2D eigenvalue weighted by Gasteiger charge is -2.15. The predicted octanol–water partition coefficient (Wildman–Crippen LogP) is 3.80. The molecule has 1 aliphatic carbocycles. The second kappa shape index (κ2) is 6.00. The van der Waals surface area contributed by atoms with Crippen LogP contribution < -0.4 is 4.74 Å². The lowest BCUT2D eigenvalue weighted by molar-refractivity contribution is -0.0976. The molecule has 2 aromatic rings. The van der Waals surface area contributed by atoms with Crippen molar-refractivity contribution in [3.05, 3.63) is 58.7 Å². The zero-order chi connectivity index (χ0) is 19.3. The molecule has 0 amide bonds. The zero-order valence-corrected chi connectivity index (χ0v) is 14.1. The Morgan fingerprint density at radius 1 is 1.31 bits per heavy atom.